The summed E-state index contributed by atoms with van der Waals surface area (Å²) < 4.78 is 6.39. The molecular formula is C17H23N5O3S. The molecule has 0 atom stereocenters. The highest BCUT2D eigenvalue weighted by atomic mass is 32.2. The summed E-state index contributed by atoms with van der Waals surface area (Å²) in [5, 5.41) is 11.3. The predicted molar refractivity (Wildman–Crippen MR) is 101 cm³/mol. The van der Waals surface area contributed by atoms with Gasteiger partial charge < -0.3 is 15.9 Å². The van der Waals surface area contributed by atoms with Crippen LogP contribution in [0.15, 0.2) is 29.4 Å². The standard InChI is InChI=1S/C17H23N5O3S/c1-5-25-14(24)11-8-6-7-9-12(11)19-13(23)10-26-16-21-20-15(22(16)18)17(2,3)4/h6-9H,5,10,18H2,1-4H3,(H,19,23). The molecule has 0 unspecified atom stereocenters. The van der Waals surface area contributed by atoms with Crippen LogP contribution in [-0.4, -0.2) is 39.1 Å². The fraction of sp³-hybridized carbons (Fsp3) is 0.412. The first kappa shape index (κ1) is 19.8. The van der Waals surface area contributed by atoms with E-state index >= 15 is 0 Å². The number of thioether (sulfide) groups is 1. The molecule has 2 rings (SSSR count). The van der Waals surface area contributed by atoms with Gasteiger partial charge in [0.05, 0.1) is 23.6 Å². The first-order valence-electron chi connectivity index (χ1n) is 8.13. The number of nitrogens with two attached hydrogens (primary N) is 1. The van der Waals surface area contributed by atoms with E-state index in [9.17, 15) is 9.59 Å². The van der Waals surface area contributed by atoms with Crippen molar-refractivity contribution in [1.29, 1.82) is 0 Å². The van der Waals surface area contributed by atoms with Crippen LogP contribution in [0.3, 0.4) is 0 Å². The van der Waals surface area contributed by atoms with Crippen LogP contribution in [0.25, 0.3) is 0 Å². The molecule has 1 heterocycles. The van der Waals surface area contributed by atoms with E-state index in [1.165, 1.54) is 16.4 Å². The minimum atomic E-state index is -0.479. The number of aromatic nitrogens is 3. The van der Waals surface area contributed by atoms with Crippen molar-refractivity contribution in [3.63, 3.8) is 0 Å². The number of nitrogens with zero attached hydrogens (tertiary/aromatic N) is 3. The second kappa shape index (κ2) is 8.22. The molecule has 0 aliphatic carbocycles. The molecule has 0 aliphatic rings. The van der Waals surface area contributed by atoms with Crippen LogP contribution >= 0.6 is 11.8 Å². The number of hydrogen-bond donors (Lipinski definition) is 2. The van der Waals surface area contributed by atoms with Gasteiger partial charge in [0.2, 0.25) is 11.1 Å². The summed E-state index contributed by atoms with van der Waals surface area (Å²) in [4.78, 5) is 24.2. The van der Waals surface area contributed by atoms with Crippen LogP contribution < -0.4 is 11.2 Å². The number of amides is 1. The molecule has 2 aromatic rings. The Kier molecular flexibility index (Phi) is 6.25. The number of para-hydroxylation sites is 1. The van der Waals surface area contributed by atoms with Crippen molar-refractivity contribution in [2.24, 2.45) is 0 Å². The second-order valence-corrected chi connectivity index (χ2v) is 7.47. The number of anilines is 1. The maximum absolute atomic E-state index is 12.3. The maximum atomic E-state index is 12.3. The van der Waals surface area contributed by atoms with E-state index in [-0.39, 0.29) is 23.7 Å². The van der Waals surface area contributed by atoms with Crippen LogP contribution in [0.1, 0.15) is 43.9 Å². The number of carbonyl (C=O) groups excluding carboxylic acids is 2. The van der Waals surface area contributed by atoms with E-state index < -0.39 is 5.97 Å². The van der Waals surface area contributed by atoms with Gasteiger partial charge in [0.25, 0.3) is 0 Å². The van der Waals surface area contributed by atoms with E-state index in [1.807, 2.05) is 20.8 Å². The Morgan fingerprint density at radius 1 is 1.27 bits per heavy atom. The van der Waals surface area contributed by atoms with Gasteiger partial charge in [-0.25, -0.2) is 9.47 Å². The number of benzene rings is 1. The number of nitrogen functional groups attached to an aromatic ring is 1. The molecule has 0 bridgehead atoms. The molecule has 0 spiro atoms. The minimum Gasteiger partial charge on any atom is -0.462 e. The highest BCUT2D eigenvalue weighted by Crippen LogP contribution is 2.23. The lowest BCUT2D eigenvalue weighted by Gasteiger charge is -2.16. The summed E-state index contributed by atoms with van der Waals surface area (Å²) in [5.74, 6) is 5.95. The highest BCUT2D eigenvalue weighted by molar-refractivity contribution is 7.99. The lowest BCUT2D eigenvalue weighted by atomic mass is 9.96. The van der Waals surface area contributed by atoms with Crippen LogP contribution in [0, 0.1) is 0 Å². The minimum absolute atomic E-state index is 0.0800. The maximum Gasteiger partial charge on any atom is 0.340 e. The number of nitrogens with one attached hydrogen (secondary N) is 1. The summed E-state index contributed by atoms with van der Waals surface area (Å²) in [6, 6.07) is 6.70. The highest BCUT2D eigenvalue weighted by Gasteiger charge is 2.23. The van der Waals surface area contributed by atoms with E-state index in [2.05, 4.69) is 15.5 Å². The number of rotatable bonds is 6. The summed E-state index contributed by atoms with van der Waals surface area (Å²) in [7, 11) is 0. The molecule has 0 radical (unpaired) electrons. The van der Waals surface area contributed by atoms with Gasteiger partial charge in [0, 0.05) is 5.41 Å². The Balaban J connectivity index is 2.03. The van der Waals surface area contributed by atoms with Gasteiger partial charge in [0.1, 0.15) is 0 Å². The third-order valence-corrected chi connectivity index (χ3v) is 4.31. The average molecular weight is 377 g/mol. The lowest BCUT2D eigenvalue weighted by molar-refractivity contribution is -0.113. The van der Waals surface area contributed by atoms with Crippen molar-refractivity contribution in [2.45, 2.75) is 38.3 Å². The summed E-state index contributed by atoms with van der Waals surface area (Å²) in [5.41, 5.74) is 0.465. The van der Waals surface area contributed by atoms with E-state index in [4.69, 9.17) is 10.6 Å². The van der Waals surface area contributed by atoms with Crippen molar-refractivity contribution >= 4 is 29.3 Å². The molecule has 0 aliphatic heterocycles. The zero-order valence-electron chi connectivity index (χ0n) is 15.3. The Labute approximate surface area is 156 Å². The van der Waals surface area contributed by atoms with Gasteiger partial charge in [-0.05, 0) is 19.1 Å². The van der Waals surface area contributed by atoms with Crippen molar-refractivity contribution in [3.8, 4) is 0 Å². The zero-order valence-corrected chi connectivity index (χ0v) is 16.1. The smallest absolute Gasteiger partial charge is 0.340 e. The normalized spacial score (nSPS) is 11.2. The summed E-state index contributed by atoms with van der Waals surface area (Å²) in [6.45, 7) is 7.93. The van der Waals surface area contributed by atoms with E-state index in [0.29, 0.717) is 22.2 Å². The topological polar surface area (TPSA) is 112 Å². The summed E-state index contributed by atoms with van der Waals surface area (Å²) >= 11 is 1.17. The first-order valence-corrected chi connectivity index (χ1v) is 9.12. The Bertz CT molecular complexity index is 798. The molecule has 1 amide bonds. The predicted octanol–water partition coefficient (Wildman–Crippen LogP) is 2.20. The molecule has 0 saturated heterocycles. The molecule has 8 nitrogen and oxygen atoms in total. The van der Waals surface area contributed by atoms with Gasteiger partial charge >= 0.3 is 5.97 Å². The van der Waals surface area contributed by atoms with Crippen molar-refractivity contribution in [2.75, 3.05) is 23.5 Å². The van der Waals surface area contributed by atoms with Gasteiger partial charge in [-0.2, -0.15) is 0 Å². The van der Waals surface area contributed by atoms with Crippen LogP contribution in [-0.2, 0) is 14.9 Å². The van der Waals surface area contributed by atoms with Gasteiger partial charge in [-0.3, -0.25) is 4.79 Å². The number of esters is 1. The van der Waals surface area contributed by atoms with Crippen molar-refractivity contribution in [3.05, 3.63) is 35.7 Å². The van der Waals surface area contributed by atoms with Gasteiger partial charge in [-0.1, -0.05) is 44.7 Å². The monoisotopic (exact) mass is 377 g/mol. The fourth-order valence-corrected chi connectivity index (χ4v) is 2.84. The third kappa shape index (κ3) is 4.75. The first-order chi connectivity index (χ1) is 12.2. The lowest BCUT2D eigenvalue weighted by Crippen LogP contribution is -2.24. The molecule has 1 aromatic carbocycles. The van der Waals surface area contributed by atoms with Gasteiger partial charge in [0.15, 0.2) is 5.82 Å². The Morgan fingerprint density at radius 3 is 2.58 bits per heavy atom. The van der Waals surface area contributed by atoms with Crippen LogP contribution in [0.2, 0.25) is 0 Å². The van der Waals surface area contributed by atoms with Crippen molar-refractivity contribution < 1.29 is 14.3 Å². The number of carbonyl (C=O) groups is 2. The number of hydrogen-bond acceptors (Lipinski definition) is 7. The molecule has 0 saturated carbocycles. The number of ether oxygens (including phenoxy) is 1. The zero-order chi connectivity index (χ0) is 19.3. The van der Waals surface area contributed by atoms with Crippen molar-refractivity contribution in [1.82, 2.24) is 14.9 Å². The van der Waals surface area contributed by atoms with Crippen LogP contribution in [0.5, 0.6) is 0 Å². The molecule has 1 aromatic heterocycles. The Morgan fingerprint density at radius 2 is 1.96 bits per heavy atom. The molecule has 9 heteroatoms. The third-order valence-electron chi connectivity index (χ3n) is 3.36. The largest absolute Gasteiger partial charge is 0.462 e. The quantitative estimate of drug-likeness (QED) is 0.451. The van der Waals surface area contributed by atoms with Crippen LogP contribution in [0.4, 0.5) is 5.69 Å². The Hall–Kier alpha value is -2.55. The fourth-order valence-electron chi connectivity index (χ4n) is 2.18. The molecule has 26 heavy (non-hydrogen) atoms. The second-order valence-electron chi connectivity index (χ2n) is 6.53. The molecule has 140 valence electrons. The van der Waals surface area contributed by atoms with E-state index in [1.54, 1.807) is 31.2 Å². The molecule has 3 N–H and O–H groups in total. The molecular weight excluding hydrogens is 354 g/mol. The molecule has 0 fully saturated rings. The van der Waals surface area contributed by atoms with E-state index in [0.717, 1.165) is 0 Å². The SMILES string of the molecule is CCOC(=O)c1ccccc1NC(=O)CSc1nnc(C(C)(C)C)n1N. The summed E-state index contributed by atoms with van der Waals surface area (Å²) in [6.07, 6.45) is 0. The van der Waals surface area contributed by atoms with Gasteiger partial charge in [-0.15, -0.1) is 10.2 Å². The average Bonchev–Trinajstić information content (AvgIpc) is 2.94.